The van der Waals surface area contributed by atoms with E-state index in [4.69, 9.17) is 11.6 Å². The zero-order valence-corrected chi connectivity index (χ0v) is 14.3. The maximum atomic E-state index is 11.9. The zero-order valence-electron chi connectivity index (χ0n) is 13.5. The molecule has 0 radical (unpaired) electrons. The van der Waals surface area contributed by atoms with E-state index in [1.54, 1.807) is 0 Å². The third kappa shape index (κ3) is 3.89. The highest BCUT2D eigenvalue weighted by atomic mass is 35.5. The number of amides is 2. The molecule has 3 N–H and O–H groups in total. The number of rotatable bonds is 5. The molecule has 0 saturated heterocycles. The van der Waals surface area contributed by atoms with Gasteiger partial charge in [-0.05, 0) is 42.7 Å². The van der Waals surface area contributed by atoms with Crippen LogP contribution in [0.3, 0.4) is 0 Å². The fourth-order valence-electron chi connectivity index (χ4n) is 2.81. The number of hydrogen-bond donors (Lipinski definition) is 3. The quantitative estimate of drug-likeness (QED) is 0.641. The topological polar surface area (TPSA) is 56.9 Å². The molecule has 24 heavy (non-hydrogen) atoms. The monoisotopic (exact) mass is 341 g/mol. The maximum absolute atomic E-state index is 11.9. The second kappa shape index (κ2) is 7.41. The summed E-state index contributed by atoms with van der Waals surface area (Å²) in [5, 5.41) is 7.67. The molecule has 5 heteroatoms. The fourth-order valence-corrected chi connectivity index (χ4v) is 2.93. The van der Waals surface area contributed by atoms with Gasteiger partial charge in [0.1, 0.15) is 0 Å². The number of para-hydroxylation sites is 1. The van der Waals surface area contributed by atoms with E-state index >= 15 is 0 Å². The fraction of sp³-hybridized carbons (Fsp3) is 0.211. The Morgan fingerprint density at radius 3 is 2.62 bits per heavy atom. The summed E-state index contributed by atoms with van der Waals surface area (Å²) in [5.41, 5.74) is 4.56. The van der Waals surface area contributed by atoms with Crippen LogP contribution >= 0.6 is 11.6 Å². The van der Waals surface area contributed by atoms with E-state index in [1.165, 1.54) is 10.9 Å². The van der Waals surface area contributed by atoms with Gasteiger partial charge in [0.15, 0.2) is 0 Å². The van der Waals surface area contributed by atoms with Crippen molar-refractivity contribution in [1.82, 2.24) is 15.6 Å². The highest BCUT2D eigenvalue weighted by Crippen LogP contribution is 2.21. The number of aromatic nitrogens is 1. The van der Waals surface area contributed by atoms with Gasteiger partial charge in [-0.3, -0.25) is 0 Å². The first-order chi connectivity index (χ1) is 11.6. The molecule has 0 aliphatic rings. The Kier molecular flexibility index (Phi) is 5.06. The summed E-state index contributed by atoms with van der Waals surface area (Å²) in [7, 11) is 0. The number of aryl methyl sites for hydroxylation is 1. The number of carbonyl (C=O) groups excluding carboxylic acids is 1. The average molecular weight is 342 g/mol. The summed E-state index contributed by atoms with van der Waals surface area (Å²) >= 11 is 5.84. The van der Waals surface area contributed by atoms with Crippen molar-refractivity contribution >= 4 is 28.5 Å². The van der Waals surface area contributed by atoms with Crippen LogP contribution in [0.2, 0.25) is 5.02 Å². The molecule has 4 nitrogen and oxygen atoms in total. The SMILES string of the molecule is Cc1[nH]c2ccccc2c1CCNC(=O)NCc1ccc(Cl)cc1. The Morgan fingerprint density at radius 1 is 1.08 bits per heavy atom. The third-order valence-corrected chi connectivity index (χ3v) is 4.31. The molecule has 3 rings (SSSR count). The van der Waals surface area contributed by atoms with Crippen molar-refractivity contribution in [3.63, 3.8) is 0 Å². The van der Waals surface area contributed by atoms with Crippen molar-refractivity contribution in [3.05, 3.63) is 70.4 Å². The van der Waals surface area contributed by atoms with Crippen LogP contribution in [-0.4, -0.2) is 17.6 Å². The molecular weight excluding hydrogens is 322 g/mol. The van der Waals surface area contributed by atoms with E-state index in [-0.39, 0.29) is 6.03 Å². The molecule has 124 valence electrons. The van der Waals surface area contributed by atoms with Gasteiger partial charge in [-0.2, -0.15) is 0 Å². The number of hydrogen-bond acceptors (Lipinski definition) is 1. The van der Waals surface area contributed by atoms with Crippen molar-refractivity contribution in [2.24, 2.45) is 0 Å². The van der Waals surface area contributed by atoms with Gasteiger partial charge in [0.05, 0.1) is 0 Å². The summed E-state index contributed by atoms with van der Waals surface area (Å²) in [6.07, 6.45) is 0.796. The van der Waals surface area contributed by atoms with Crippen LogP contribution < -0.4 is 10.6 Å². The Balaban J connectivity index is 1.49. The predicted molar refractivity (Wildman–Crippen MR) is 98.4 cm³/mol. The Labute approximate surface area is 146 Å². The highest BCUT2D eigenvalue weighted by molar-refractivity contribution is 6.30. The van der Waals surface area contributed by atoms with Crippen molar-refractivity contribution in [3.8, 4) is 0 Å². The van der Waals surface area contributed by atoms with Gasteiger partial charge in [0, 0.05) is 34.7 Å². The van der Waals surface area contributed by atoms with Crippen molar-refractivity contribution in [2.45, 2.75) is 19.9 Å². The summed E-state index contributed by atoms with van der Waals surface area (Å²) in [4.78, 5) is 15.3. The number of aromatic amines is 1. The van der Waals surface area contributed by atoms with Crippen molar-refractivity contribution in [1.29, 1.82) is 0 Å². The lowest BCUT2D eigenvalue weighted by molar-refractivity contribution is 0.240. The lowest BCUT2D eigenvalue weighted by atomic mass is 10.1. The summed E-state index contributed by atoms with van der Waals surface area (Å²) in [6, 6.07) is 15.5. The number of carbonyl (C=O) groups is 1. The smallest absolute Gasteiger partial charge is 0.315 e. The predicted octanol–water partition coefficient (Wildman–Crippen LogP) is 4.17. The van der Waals surface area contributed by atoms with Crippen molar-refractivity contribution < 1.29 is 4.79 Å². The molecule has 0 fully saturated rings. The first kappa shape index (κ1) is 16.4. The molecule has 0 atom stereocenters. The average Bonchev–Trinajstić information content (AvgIpc) is 2.90. The summed E-state index contributed by atoms with van der Waals surface area (Å²) < 4.78 is 0. The highest BCUT2D eigenvalue weighted by Gasteiger charge is 2.08. The Bertz CT molecular complexity index is 839. The van der Waals surface area contributed by atoms with Crippen LogP contribution in [0.4, 0.5) is 4.79 Å². The first-order valence-corrected chi connectivity index (χ1v) is 8.33. The van der Waals surface area contributed by atoms with E-state index in [1.807, 2.05) is 36.4 Å². The minimum absolute atomic E-state index is 0.164. The molecule has 0 aliphatic heterocycles. The van der Waals surface area contributed by atoms with E-state index in [0.29, 0.717) is 18.1 Å². The number of H-pyrrole nitrogens is 1. The van der Waals surface area contributed by atoms with Gasteiger partial charge in [-0.1, -0.05) is 41.9 Å². The lowest BCUT2D eigenvalue weighted by Gasteiger charge is -2.08. The second-order valence-electron chi connectivity index (χ2n) is 5.76. The van der Waals surface area contributed by atoms with Gasteiger partial charge in [-0.25, -0.2) is 4.79 Å². The van der Waals surface area contributed by atoms with Gasteiger partial charge < -0.3 is 15.6 Å². The van der Waals surface area contributed by atoms with E-state index in [9.17, 15) is 4.79 Å². The lowest BCUT2D eigenvalue weighted by Crippen LogP contribution is -2.36. The van der Waals surface area contributed by atoms with Gasteiger partial charge in [0.2, 0.25) is 0 Å². The molecule has 1 heterocycles. The first-order valence-electron chi connectivity index (χ1n) is 7.96. The molecule has 3 aromatic rings. The number of benzene rings is 2. The zero-order chi connectivity index (χ0) is 16.9. The van der Waals surface area contributed by atoms with Crippen LogP contribution in [0.1, 0.15) is 16.8 Å². The molecule has 0 bridgehead atoms. The van der Waals surface area contributed by atoms with E-state index in [0.717, 1.165) is 23.2 Å². The van der Waals surface area contributed by atoms with Crippen LogP contribution in [0.15, 0.2) is 48.5 Å². The normalized spacial score (nSPS) is 10.8. The minimum Gasteiger partial charge on any atom is -0.358 e. The summed E-state index contributed by atoms with van der Waals surface area (Å²) in [5.74, 6) is 0. The van der Waals surface area contributed by atoms with Crippen LogP contribution in [0.5, 0.6) is 0 Å². The van der Waals surface area contributed by atoms with E-state index < -0.39 is 0 Å². The van der Waals surface area contributed by atoms with E-state index in [2.05, 4.69) is 34.7 Å². The van der Waals surface area contributed by atoms with Crippen LogP contribution in [0.25, 0.3) is 10.9 Å². The maximum Gasteiger partial charge on any atom is 0.315 e. The standard InChI is InChI=1S/C19H20ClN3O/c1-13-16(17-4-2-3-5-18(17)23-13)10-11-21-19(24)22-12-14-6-8-15(20)9-7-14/h2-9,23H,10-12H2,1H3,(H2,21,22,24). The molecule has 2 aromatic carbocycles. The molecule has 2 amide bonds. The van der Waals surface area contributed by atoms with Crippen molar-refractivity contribution in [2.75, 3.05) is 6.54 Å². The molecule has 0 saturated carbocycles. The minimum atomic E-state index is -0.164. The van der Waals surface area contributed by atoms with Crippen LogP contribution in [0, 0.1) is 6.92 Å². The molecule has 0 spiro atoms. The van der Waals surface area contributed by atoms with Gasteiger partial charge in [0.25, 0.3) is 0 Å². The molecular formula is C19H20ClN3O. The molecule has 1 aromatic heterocycles. The number of urea groups is 1. The second-order valence-corrected chi connectivity index (χ2v) is 6.20. The Hall–Kier alpha value is -2.46. The number of halogens is 1. The number of fused-ring (bicyclic) bond motifs is 1. The van der Waals surface area contributed by atoms with Crippen LogP contribution in [-0.2, 0) is 13.0 Å². The molecule has 0 unspecified atom stereocenters. The summed E-state index contributed by atoms with van der Waals surface area (Å²) in [6.45, 7) is 3.14. The van der Waals surface area contributed by atoms with Gasteiger partial charge in [-0.15, -0.1) is 0 Å². The molecule has 0 aliphatic carbocycles. The van der Waals surface area contributed by atoms with Gasteiger partial charge >= 0.3 is 6.03 Å². The Morgan fingerprint density at radius 2 is 1.83 bits per heavy atom. The third-order valence-electron chi connectivity index (χ3n) is 4.05. The largest absolute Gasteiger partial charge is 0.358 e. The number of nitrogens with one attached hydrogen (secondary N) is 3.